The summed E-state index contributed by atoms with van der Waals surface area (Å²) in [6, 6.07) is 0. The second-order valence-electron chi connectivity index (χ2n) is 5.03. The van der Waals surface area contributed by atoms with E-state index in [0.29, 0.717) is 6.61 Å². The molecule has 0 heterocycles. The summed E-state index contributed by atoms with van der Waals surface area (Å²) in [7, 11) is -9.83. The van der Waals surface area contributed by atoms with Crippen LogP contribution < -0.4 is 0 Å². The maximum absolute atomic E-state index is 11.2. The molecule has 3 N–H and O–H groups in total. The van der Waals surface area contributed by atoms with Gasteiger partial charge in [-0.05, 0) is 33.1 Å². The lowest BCUT2D eigenvalue weighted by Crippen LogP contribution is -1.96. The van der Waals surface area contributed by atoms with Crippen molar-refractivity contribution in [2.75, 3.05) is 19.8 Å². The Morgan fingerprint density at radius 2 is 1.74 bits per heavy atom. The van der Waals surface area contributed by atoms with Gasteiger partial charge in [0.2, 0.25) is 0 Å². The van der Waals surface area contributed by atoms with Crippen molar-refractivity contribution in [1.29, 1.82) is 0 Å². The van der Waals surface area contributed by atoms with Crippen molar-refractivity contribution in [3.63, 3.8) is 0 Å². The first-order valence-electron chi connectivity index (χ1n) is 7.19. The van der Waals surface area contributed by atoms with Gasteiger partial charge in [0.1, 0.15) is 0 Å². The quantitative estimate of drug-likeness (QED) is 0.271. The molecule has 0 amide bonds. The normalized spacial score (nSPS) is 16.4. The smallest absolute Gasteiger partial charge is 0.377 e. The number of ether oxygens (including phenoxy) is 1. The lowest BCUT2D eigenvalue weighted by atomic mass is 10.1. The summed E-state index contributed by atoms with van der Waals surface area (Å²) < 4.78 is 35.2. The molecular formula is C13H26O8P2. The highest BCUT2D eigenvalue weighted by Gasteiger charge is 2.31. The predicted octanol–water partition coefficient (Wildman–Crippen LogP) is 3.31. The van der Waals surface area contributed by atoms with Gasteiger partial charge in [-0.25, -0.2) is 9.13 Å². The van der Waals surface area contributed by atoms with E-state index in [2.05, 4.69) is 14.9 Å². The molecule has 0 fully saturated rings. The topological polar surface area (TPSA) is 123 Å². The summed E-state index contributed by atoms with van der Waals surface area (Å²) >= 11 is 0. The SMILES string of the molecule is CCCOC/C(C)=C/CC/C(C)=C/COP(=O)(O)OP(=O)(O)O. The summed E-state index contributed by atoms with van der Waals surface area (Å²) in [6.45, 7) is 6.92. The molecule has 0 saturated heterocycles. The molecule has 0 saturated carbocycles. The molecule has 0 aliphatic rings. The van der Waals surface area contributed by atoms with Crippen LogP contribution in [-0.4, -0.2) is 34.5 Å². The lowest BCUT2D eigenvalue weighted by Gasteiger charge is -2.11. The zero-order valence-electron chi connectivity index (χ0n) is 13.7. The minimum absolute atomic E-state index is 0.276. The van der Waals surface area contributed by atoms with Crippen LogP contribution in [0.2, 0.25) is 0 Å². The van der Waals surface area contributed by atoms with E-state index >= 15 is 0 Å². The molecule has 10 heteroatoms. The third kappa shape index (κ3) is 15.0. The van der Waals surface area contributed by atoms with Crippen molar-refractivity contribution in [1.82, 2.24) is 0 Å². The summed E-state index contributed by atoms with van der Waals surface area (Å²) in [5, 5.41) is 0. The van der Waals surface area contributed by atoms with Crippen molar-refractivity contribution in [2.24, 2.45) is 0 Å². The molecule has 0 aliphatic heterocycles. The molecule has 0 aromatic rings. The Morgan fingerprint density at radius 3 is 2.30 bits per heavy atom. The number of allylic oxidation sites excluding steroid dienone is 2. The fourth-order valence-corrected chi connectivity index (χ4v) is 3.04. The van der Waals surface area contributed by atoms with Crippen molar-refractivity contribution in [3.8, 4) is 0 Å². The molecule has 0 spiro atoms. The zero-order chi connectivity index (χ0) is 17.9. The highest BCUT2D eigenvalue weighted by molar-refractivity contribution is 7.60. The Morgan fingerprint density at radius 1 is 1.09 bits per heavy atom. The largest absolute Gasteiger partial charge is 0.481 e. The van der Waals surface area contributed by atoms with Gasteiger partial charge in [0, 0.05) is 6.61 Å². The predicted molar refractivity (Wildman–Crippen MR) is 86.8 cm³/mol. The minimum Gasteiger partial charge on any atom is -0.377 e. The van der Waals surface area contributed by atoms with Crippen LogP contribution in [0.3, 0.4) is 0 Å². The Kier molecular flexibility index (Phi) is 11.1. The first-order valence-corrected chi connectivity index (χ1v) is 10.2. The van der Waals surface area contributed by atoms with Crippen LogP contribution >= 0.6 is 15.6 Å². The van der Waals surface area contributed by atoms with Gasteiger partial charge in [0.15, 0.2) is 0 Å². The third-order valence-electron chi connectivity index (χ3n) is 2.59. The Balaban J connectivity index is 4.10. The van der Waals surface area contributed by atoms with E-state index in [1.807, 2.05) is 20.8 Å². The minimum atomic E-state index is -5.07. The van der Waals surface area contributed by atoms with Gasteiger partial charge in [-0.1, -0.05) is 30.2 Å². The van der Waals surface area contributed by atoms with Crippen LogP contribution in [0.1, 0.15) is 40.0 Å². The van der Waals surface area contributed by atoms with Crippen LogP contribution in [-0.2, 0) is 22.7 Å². The van der Waals surface area contributed by atoms with Crippen LogP contribution in [0.15, 0.2) is 23.3 Å². The van der Waals surface area contributed by atoms with Gasteiger partial charge in [-0.3, -0.25) is 4.52 Å². The van der Waals surface area contributed by atoms with Crippen molar-refractivity contribution >= 4 is 15.6 Å². The fraction of sp³-hybridized carbons (Fsp3) is 0.692. The van der Waals surface area contributed by atoms with Crippen LogP contribution in [0.4, 0.5) is 0 Å². The monoisotopic (exact) mass is 372 g/mol. The average Bonchev–Trinajstić information content (AvgIpc) is 2.35. The molecule has 0 aromatic heterocycles. The van der Waals surface area contributed by atoms with E-state index in [4.69, 9.17) is 19.4 Å². The Hall–Kier alpha value is -0.300. The number of hydrogen-bond donors (Lipinski definition) is 3. The summed E-state index contributed by atoms with van der Waals surface area (Å²) in [5.41, 5.74) is 2.05. The van der Waals surface area contributed by atoms with E-state index in [1.54, 1.807) is 6.08 Å². The highest BCUT2D eigenvalue weighted by Crippen LogP contribution is 2.57. The van der Waals surface area contributed by atoms with Crippen molar-refractivity contribution < 1.29 is 37.4 Å². The molecule has 0 aliphatic carbocycles. The van der Waals surface area contributed by atoms with Gasteiger partial charge in [0.05, 0.1) is 13.2 Å². The number of phosphoric ester groups is 1. The van der Waals surface area contributed by atoms with E-state index < -0.39 is 15.6 Å². The van der Waals surface area contributed by atoms with E-state index in [0.717, 1.165) is 37.0 Å². The zero-order valence-corrected chi connectivity index (χ0v) is 15.5. The van der Waals surface area contributed by atoms with Crippen molar-refractivity contribution in [2.45, 2.75) is 40.0 Å². The second kappa shape index (κ2) is 11.3. The van der Waals surface area contributed by atoms with Crippen LogP contribution in [0.5, 0.6) is 0 Å². The molecule has 0 rings (SSSR count). The van der Waals surface area contributed by atoms with Gasteiger partial charge in [-0.2, -0.15) is 4.31 Å². The molecule has 0 bridgehead atoms. The second-order valence-corrected chi connectivity index (χ2v) is 7.86. The average molecular weight is 372 g/mol. The summed E-state index contributed by atoms with van der Waals surface area (Å²) in [6.07, 6.45) is 6.11. The fourth-order valence-electron chi connectivity index (χ4n) is 1.52. The first kappa shape index (κ1) is 22.7. The molecule has 8 nitrogen and oxygen atoms in total. The maximum Gasteiger partial charge on any atom is 0.481 e. The number of phosphoric acid groups is 2. The Bertz CT molecular complexity index is 494. The number of rotatable bonds is 12. The third-order valence-corrected chi connectivity index (χ3v) is 4.74. The standard InChI is InChI=1S/C13H26O8P2/c1-4-9-19-11-13(3)7-5-6-12(2)8-10-20-23(17,18)21-22(14,15)16/h7-8H,4-6,9-11H2,1-3H3,(H,17,18)(H2,14,15,16)/b12-8+,13-7+. The molecule has 1 unspecified atom stereocenters. The summed E-state index contributed by atoms with van der Waals surface area (Å²) in [4.78, 5) is 26.0. The Labute approximate surface area is 137 Å². The van der Waals surface area contributed by atoms with E-state index in [9.17, 15) is 9.13 Å². The first-order chi connectivity index (χ1) is 10.6. The molecule has 0 aromatic carbocycles. The lowest BCUT2D eigenvalue weighted by molar-refractivity contribution is 0.156. The van der Waals surface area contributed by atoms with Gasteiger partial charge in [0.25, 0.3) is 0 Å². The van der Waals surface area contributed by atoms with Gasteiger partial charge < -0.3 is 19.4 Å². The molecular weight excluding hydrogens is 346 g/mol. The summed E-state index contributed by atoms with van der Waals surface area (Å²) in [5.74, 6) is 0. The molecule has 1 atom stereocenters. The van der Waals surface area contributed by atoms with Crippen LogP contribution in [0, 0.1) is 0 Å². The molecule has 0 radical (unpaired) electrons. The van der Waals surface area contributed by atoms with E-state index in [1.165, 1.54) is 0 Å². The highest BCUT2D eigenvalue weighted by atomic mass is 31.3. The van der Waals surface area contributed by atoms with Gasteiger partial charge in [-0.15, -0.1) is 0 Å². The van der Waals surface area contributed by atoms with Crippen molar-refractivity contribution in [3.05, 3.63) is 23.3 Å². The van der Waals surface area contributed by atoms with Gasteiger partial charge >= 0.3 is 15.6 Å². The van der Waals surface area contributed by atoms with Crippen LogP contribution in [0.25, 0.3) is 0 Å². The number of hydrogen-bond acceptors (Lipinski definition) is 5. The molecule has 23 heavy (non-hydrogen) atoms. The molecule has 136 valence electrons. The maximum atomic E-state index is 11.2. The van der Waals surface area contributed by atoms with E-state index in [-0.39, 0.29) is 6.61 Å².